The normalized spacial score (nSPS) is 20.6. The lowest BCUT2D eigenvalue weighted by Gasteiger charge is -2.23. The zero-order valence-electron chi connectivity index (χ0n) is 14.3. The second kappa shape index (κ2) is 7.17. The van der Waals surface area contributed by atoms with Crippen LogP contribution in [0.25, 0.3) is 6.08 Å². The number of hydrogen-bond acceptors (Lipinski definition) is 4. The smallest absolute Gasteiger partial charge is 0.247 e. The standard InChI is InChI=1S/C19H23N5O/c25-18(8-7-15-9-11-20-12-10-15)23-14-4-5-16(23)19-22-21-17-6-2-1-3-13-24(17)19/h7-12,16H,1-6,13-14H2/b8-7+. The minimum atomic E-state index is 0.0466. The fourth-order valence-electron chi connectivity index (χ4n) is 3.79. The van der Waals surface area contributed by atoms with Crippen LogP contribution in [0.2, 0.25) is 0 Å². The molecule has 0 radical (unpaired) electrons. The Hall–Kier alpha value is -2.50. The molecule has 0 aromatic carbocycles. The van der Waals surface area contributed by atoms with Gasteiger partial charge < -0.3 is 9.47 Å². The van der Waals surface area contributed by atoms with Crippen LogP contribution in [-0.2, 0) is 17.8 Å². The molecule has 0 saturated carbocycles. The number of aryl methyl sites for hydroxylation is 1. The molecule has 1 fully saturated rings. The summed E-state index contributed by atoms with van der Waals surface area (Å²) in [5, 5.41) is 8.86. The van der Waals surface area contributed by atoms with Gasteiger partial charge >= 0.3 is 0 Å². The van der Waals surface area contributed by atoms with Gasteiger partial charge in [0.05, 0.1) is 6.04 Å². The van der Waals surface area contributed by atoms with Gasteiger partial charge in [0.2, 0.25) is 5.91 Å². The van der Waals surface area contributed by atoms with Gasteiger partial charge in [-0.25, -0.2) is 0 Å². The molecular weight excluding hydrogens is 314 g/mol. The van der Waals surface area contributed by atoms with Crippen molar-refractivity contribution < 1.29 is 4.79 Å². The van der Waals surface area contributed by atoms with Crippen molar-refractivity contribution in [3.63, 3.8) is 0 Å². The summed E-state index contributed by atoms with van der Waals surface area (Å²) in [6.45, 7) is 1.76. The maximum atomic E-state index is 12.7. The predicted molar refractivity (Wildman–Crippen MR) is 94.5 cm³/mol. The first-order valence-electron chi connectivity index (χ1n) is 9.13. The molecule has 2 aromatic heterocycles. The predicted octanol–water partition coefficient (Wildman–Crippen LogP) is 2.78. The van der Waals surface area contributed by atoms with E-state index in [-0.39, 0.29) is 11.9 Å². The van der Waals surface area contributed by atoms with Gasteiger partial charge in [-0.15, -0.1) is 10.2 Å². The van der Waals surface area contributed by atoms with E-state index in [9.17, 15) is 4.79 Å². The first kappa shape index (κ1) is 16.0. The van der Waals surface area contributed by atoms with Crippen molar-refractivity contribution in [1.82, 2.24) is 24.6 Å². The van der Waals surface area contributed by atoms with Crippen LogP contribution < -0.4 is 0 Å². The summed E-state index contributed by atoms with van der Waals surface area (Å²) in [4.78, 5) is 18.7. The van der Waals surface area contributed by atoms with Crippen molar-refractivity contribution in [3.8, 4) is 0 Å². The third-order valence-electron chi connectivity index (χ3n) is 5.10. The summed E-state index contributed by atoms with van der Waals surface area (Å²) in [5.74, 6) is 2.10. The topological polar surface area (TPSA) is 63.9 Å². The molecule has 1 unspecified atom stereocenters. The number of amides is 1. The minimum Gasteiger partial charge on any atom is -0.329 e. The molecular formula is C19H23N5O. The highest BCUT2D eigenvalue weighted by Gasteiger charge is 2.33. The molecule has 4 heterocycles. The molecule has 1 atom stereocenters. The average molecular weight is 337 g/mol. The van der Waals surface area contributed by atoms with Crippen LogP contribution in [0.4, 0.5) is 0 Å². The summed E-state index contributed by atoms with van der Waals surface area (Å²) in [6.07, 6.45) is 13.5. The Kier molecular flexibility index (Phi) is 4.59. The van der Waals surface area contributed by atoms with Gasteiger partial charge in [-0.3, -0.25) is 9.78 Å². The van der Waals surface area contributed by atoms with Crippen LogP contribution in [0, 0.1) is 0 Å². The molecule has 6 nitrogen and oxygen atoms in total. The number of pyridine rings is 1. The molecule has 1 saturated heterocycles. The maximum Gasteiger partial charge on any atom is 0.247 e. The van der Waals surface area contributed by atoms with E-state index in [0.29, 0.717) is 0 Å². The van der Waals surface area contributed by atoms with E-state index in [1.807, 2.05) is 23.1 Å². The van der Waals surface area contributed by atoms with Crippen molar-refractivity contribution in [2.75, 3.05) is 6.54 Å². The molecule has 0 N–H and O–H groups in total. The van der Waals surface area contributed by atoms with Crippen molar-refractivity contribution in [2.24, 2.45) is 0 Å². The highest BCUT2D eigenvalue weighted by atomic mass is 16.2. The van der Waals surface area contributed by atoms with Gasteiger partial charge in [0.25, 0.3) is 0 Å². The zero-order valence-corrected chi connectivity index (χ0v) is 14.3. The second-order valence-corrected chi connectivity index (χ2v) is 6.74. The lowest BCUT2D eigenvalue weighted by molar-refractivity contribution is -0.127. The van der Waals surface area contributed by atoms with Crippen molar-refractivity contribution >= 4 is 12.0 Å². The lowest BCUT2D eigenvalue weighted by atomic mass is 10.2. The summed E-state index contributed by atoms with van der Waals surface area (Å²) in [6, 6.07) is 3.83. The lowest BCUT2D eigenvalue weighted by Crippen LogP contribution is -2.30. The number of rotatable bonds is 3. The molecule has 130 valence electrons. The Morgan fingerprint density at radius 3 is 2.84 bits per heavy atom. The molecule has 2 aliphatic heterocycles. The molecule has 0 spiro atoms. The number of likely N-dealkylation sites (tertiary alicyclic amines) is 1. The van der Waals surface area contributed by atoms with Gasteiger partial charge in [0.15, 0.2) is 5.82 Å². The quantitative estimate of drug-likeness (QED) is 0.808. The van der Waals surface area contributed by atoms with Gasteiger partial charge in [-0.1, -0.05) is 6.42 Å². The van der Waals surface area contributed by atoms with E-state index >= 15 is 0 Å². The van der Waals surface area contributed by atoms with Crippen LogP contribution in [0.15, 0.2) is 30.6 Å². The SMILES string of the molecule is O=C(/C=C/c1ccncc1)N1CCCC1c1nnc2n1CCCCC2. The molecule has 2 aromatic rings. The summed E-state index contributed by atoms with van der Waals surface area (Å²) < 4.78 is 2.26. The second-order valence-electron chi connectivity index (χ2n) is 6.74. The highest BCUT2D eigenvalue weighted by Crippen LogP contribution is 2.32. The number of hydrogen-bond donors (Lipinski definition) is 0. The fourth-order valence-corrected chi connectivity index (χ4v) is 3.79. The van der Waals surface area contributed by atoms with E-state index in [0.717, 1.165) is 49.6 Å². The number of fused-ring (bicyclic) bond motifs is 1. The summed E-state index contributed by atoms with van der Waals surface area (Å²) in [7, 11) is 0. The molecule has 4 rings (SSSR count). The van der Waals surface area contributed by atoms with Crippen LogP contribution in [0.3, 0.4) is 0 Å². The molecule has 25 heavy (non-hydrogen) atoms. The van der Waals surface area contributed by atoms with Gasteiger partial charge in [0.1, 0.15) is 5.82 Å². The highest BCUT2D eigenvalue weighted by molar-refractivity contribution is 5.92. The largest absolute Gasteiger partial charge is 0.329 e. The Labute approximate surface area is 147 Å². The Bertz CT molecular complexity index is 767. The monoisotopic (exact) mass is 337 g/mol. The van der Waals surface area contributed by atoms with Gasteiger partial charge in [0, 0.05) is 38.0 Å². The van der Waals surface area contributed by atoms with Gasteiger partial charge in [-0.05, 0) is 49.5 Å². The number of carbonyl (C=O) groups is 1. The molecule has 0 bridgehead atoms. The first-order chi connectivity index (χ1) is 12.3. The van der Waals surface area contributed by atoms with Crippen molar-refractivity contribution in [2.45, 2.75) is 51.1 Å². The van der Waals surface area contributed by atoms with E-state index in [1.165, 1.54) is 19.3 Å². The summed E-state index contributed by atoms with van der Waals surface area (Å²) >= 11 is 0. The molecule has 0 aliphatic carbocycles. The molecule has 2 aliphatic rings. The maximum absolute atomic E-state index is 12.7. The Balaban J connectivity index is 1.54. The van der Waals surface area contributed by atoms with E-state index in [2.05, 4.69) is 19.7 Å². The number of carbonyl (C=O) groups excluding carboxylic acids is 1. The van der Waals surface area contributed by atoms with Crippen LogP contribution in [0.5, 0.6) is 0 Å². The van der Waals surface area contributed by atoms with E-state index in [1.54, 1.807) is 18.5 Å². The summed E-state index contributed by atoms with van der Waals surface area (Å²) in [5.41, 5.74) is 0.982. The van der Waals surface area contributed by atoms with E-state index < -0.39 is 0 Å². The Morgan fingerprint density at radius 1 is 1.08 bits per heavy atom. The first-order valence-corrected chi connectivity index (χ1v) is 9.13. The average Bonchev–Trinajstić information content (AvgIpc) is 3.21. The van der Waals surface area contributed by atoms with Crippen LogP contribution in [0.1, 0.15) is 55.4 Å². The number of aromatic nitrogens is 4. The van der Waals surface area contributed by atoms with Gasteiger partial charge in [-0.2, -0.15) is 0 Å². The third-order valence-corrected chi connectivity index (χ3v) is 5.10. The van der Waals surface area contributed by atoms with Crippen LogP contribution in [-0.4, -0.2) is 37.1 Å². The van der Waals surface area contributed by atoms with Crippen LogP contribution >= 0.6 is 0 Å². The fraction of sp³-hybridized carbons (Fsp3) is 0.474. The van der Waals surface area contributed by atoms with E-state index in [4.69, 9.17) is 0 Å². The molecule has 6 heteroatoms. The Morgan fingerprint density at radius 2 is 1.96 bits per heavy atom. The van der Waals surface area contributed by atoms with Crippen molar-refractivity contribution in [3.05, 3.63) is 47.8 Å². The third kappa shape index (κ3) is 3.34. The molecule has 1 amide bonds. The number of nitrogens with zero attached hydrogens (tertiary/aromatic N) is 5. The zero-order chi connectivity index (χ0) is 17.1. The van der Waals surface area contributed by atoms with Crippen molar-refractivity contribution in [1.29, 1.82) is 0 Å². The minimum absolute atomic E-state index is 0.0466.